The van der Waals surface area contributed by atoms with Crippen molar-refractivity contribution in [2.45, 2.75) is 46.2 Å². The van der Waals surface area contributed by atoms with Crippen LogP contribution in [0, 0.1) is 5.92 Å². The number of hydrogen-bond acceptors (Lipinski definition) is 2. The van der Waals surface area contributed by atoms with Gasteiger partial charge in [0.05, 0.1) is 0 Å². The minimum Gasteiger partial charge on any atom is -0.303 e. The summed E-state index contributed by atoms with van der Waals surface area (Å²) in [5, 5.41) is 5.81. The normalized spacial score (nSPS) is 14.4. The van der Waals surface area contributed by atoms with E-state index >= 15 is 0 Å². The summed E-state index contributed by atoms with van der Waals surface area (Å²) < 4.78 is 1.17. The van der Waals surface area contributed by atoms with Gasteiger partial charge in [-0.25, -0.2) is 0 Å². The van der Waals surface area contributed by atoms with Gasteiger partial charge in [0.25, 0.3) is 0 Å². The average Bonchev–Trinajstić information content (AvgIpc) is 2.85. The molecular weight excluding hydrogens is 342 g/mol. The highest BCUT2D eigenvalue weighted by Gasteiger charge is 2.12. The highest BCUT2D eigenvalue weighted by Crippen LogP contribution is 2.27. The lowest BCUT2D eigenvalue weighted by molar-refractivity contribution is 0.500. The van der Waals surface area contributed by atoms with E-state index in [1.165, 1.54) is 20.5 Å². The molecule has 1 heterocycles. The van der Waals surface area contributed by atoms with E-state index in [-0.39, 0.29) is 0 Å². The Hall–Kier alpha value is -0.640. The van der Waals surface area contributed by atoms with Crippen molar-refractivity contribution in [3.63, 3.8) is 0 Å². The van der Waals surface area contributed by atoms with Crippen LogP contribution in [0.3, 0.4) is 0 Å². The standard InChI is InChI=1S/C18H24BrNS/c1-12(2)9-15-5-7-16(8-6-15)13(3)20-14(4)18-10-17(19)11-21-18/h5-8,10-14,20H,9H2,1-4H3. The van der Waals surface area contributed by atoms with Crippen LogP contribution in [0.2, 0.25) is 0 Å². The minimum absolute atomic E-state index is 0.356. The molecule has 2 unspecified atom stereocenters. The van der Waals surface area contributed by atoms with Crippen molar-refractivity contribution in [3.05, 3.63) is 56.2 Å². The predicted octanol–water partition coefficient (Wildman–Crippen LogP) is 6.12. The average molecular weight is 366 g/mol. The zero-order valence-corrected chi connectivity index (χ0v) is 15.6. The Morgan fingerprint density at radius 1 is 1.05 bits per heavy atom. The third kappa shape index (κ3) is 4.94. The molecule has 1 N–H and O–H groups in total. The molecule has 0 aliphatic rings. The van der Waals surface area contributed by atoms with E-state index in [1.807, 2.05) is 0 Å². The second kappa shape index (κ2) is 7.57. The van der Waals surface area contributed by atoms with E-state index in [9.17, 15) is 0 Å². The Balaban J connectivity index is 1.98. The predicted molar refractivity (Wildman–Crippen MR) is 97.0 cm³/mol. The molecule has 0 aliphatic heterocycles. The fourth-order valence-corrected chi connectivity index (χ4v) is 3.98. The van der Waals surface area contributed by atoms with Crippen molar-refractivity contribution in [2.24, 2.45) is 5.92 Å². The van der Waals surface area contributed by atoms with E-state index in [4.69, 9.17) is 0 Å². The zero-order chi connectivity index (χ0) is 15.4. The molecule has 2 atom stereocenters. The fourth-order valence-electron chi connectivity index (χ4n) is 2.52. The van der Waals surface area contributed by atoms with Gasteiger partial charge >= 0.3 is 0 Å². The first-order valence-electron chi connectivity index (χ1n) is 7.54. The topological polar surface area (TPSA) is 12.0 Å². The van der Waals surface area contributed by atoms with Gasteiger partial charge in [-0.3, -0.25) is 0 Å². The van der Waals surface area contributed by atoms with Gasteiger partial charge < -0.3 is 5.32 Å². The number of rotatable bonds is 6. The minimum atomic E-state index is 0.356. The maximum absolute atomic E-state index is 3.68. The molecule has 1 nitrogen and oxygen atoms in total. The van der Waals surface area contributed by atoms with Gasteiger partial charge in [-0.2, -0.15) is 0 Å². The zero-order valence-electron chi connectivity index (χ0n) is 13.2. The van der Waals surface area contributed by atoms with Gasteiger partial charge in [-0.05, 0) is 59.3 Å². The molecule has 0 amide bonds. The first-order valence-corrected chi connectivity index (χ1v) is 9.21. The Morgan fingerprint density at radius 3 is 2.24 bits per heavy atom. The Morgan fingerprint density at radius 2 is 1.71 bits per heavy atom. The summed E-state index contributed by atoms with van der Waals surface area (Å²) in [7, 11) is 0. The van der Waals surface area contributed by atoms with Crippen LogP contribution in [0.4, 0.5) is 0 Å². The lowest BCUT2D eigenvalue weighted by Crippen LogP contribution is -2.21. The van der Waals surface area contributed by atoms with Crippen LogP contribution in [0.25, 0.3) is 0 Å². The summed E-state index contributed by atoms with van der Waals surface area (Å²) in [4.78, 5) is 1.37. The molecule has 2 aromatic rings. The largest absolute Gasteiger partial charge is 0.303 e. The highest BCUT2D eigenvalue weighted by molar-refractivity contribution is 9.10. The van der Waals surface area contributed by atoms with Crippen molar-refractivity contribution in [3.8, 4) is 0 Å². The highest BCUT2D eigenvalue weighted by atomic mass is 79.9. The summed E-state index contributed by atoms with van der Waals surface area (Å²) in [6.07, 6.45) is 1.15. The van der Waals surface area contributed by atoms with Crippen molar-refractivity contribution in [2.75, 3.05) is 0 Å². The molecule has 1 aromatic carbocycles. The van der Waals surface area contributed by atoms with E-state index in [0.717, 1.165) is 6.42 Å². The third-order valence-corrected chi connectivity index (χ3v) is 5.51. The number of hydrogen-bond donors (Lipinski definition) is 1. The number of nitrogens with one attached hydrogen (secondary N) is 1. The van der Waals surface area contributed by atoms with Crippen LogP contribution < -0.4 is 5.32 Å². The number of thiophene rings is 1. The van der Waals surface area contributed by atoms with Gasteiger partial charge in [0.2, 0.25) is 0 Å². The van der Waals surface area contributed by atoms with Gasteiger partial charge in [0.1, 0.15) is 0 Å². The Bertz CT molecular complexity index is 559. The van der Waals surface area contributed by atoms with Crippen LogP contribution in [0.5, 0.6) is 0 Å². The molecule has 0 saturated carbocycles. The van der Waals surface area contributed by atoms with Gasteiger partial charge in [-0.1, -0.05) is 38.1 Å². The molecule has 1 aromatic heterocycles. The maximum Gasteiger partial charge on any atom is 0.0391 e. The summed E-state index contributed by atoms with van der Waals surface area (Å²) >= 11 is 5.32. The van der Waals surface area contributed by atoms with Gasteiger partial charge in [-0.15, -0.1) is 11.3 Å². The molecule has 0 aliphatic carbocycles. The van der Waals surface area contributed by atoms with Crippen molar-refractivity contribution < 1.29 is 0 Å². The van der Waals surface area contributed by atoms with Crippen LogP contribution in [-0.4, -0.2) is 0 Å². The number of benzene rings is 1. The maximum atomic E-state index is 3.68. The summed E-state index contributed by atoms with van der Waals surface area (Å²) in [5.74, 6) is 0.712. The first-order chi connectivity index (χ1) is 9.95. The van der Waals surface area contributed by atoms with E-state index in [0.29, 0.717) is 18.0 Å². The first kappa shape index (κ1) is 16.7. The second-order valence-corrected chi connectivity index (χ2v) is 7.98. The molecule has 3 heteroatoms. The smallest absolute Gasteiger partial charge is 0.0391 e. The fraction of sp³-hybridized carbons (Fsp3) is 0.444. The van der Waals surface area contributed by atoms with Crippen molar-refractivity contribution in [1.29, 1.82) is 0 Å². The van der Waals surface area contributed by atoms with E-state index in [2.05, 4.69) is 84.7 Å². The summed E-state index contributed by atoms with van der Waals surface area (Å²) in [6, 6.07) is 12.0. The quantitative estimate of drug-likeness (QED) is 0.649. The number of halogens is 1. The lowest BCUT2D eigenvalue weighted by Gasteiger charge is -2.20. The van der Waals surface area contributed by atoms with Gasteiger partial charge in [0, 0.05) is 26.8 Å². The molecule has 2 rings (SSSR count). The second-order valence-electron chi connectivity index (χ2n) is 6.12. The summed E-state index contributed by atoms with van der Waals surface area (Å²) in [6.45, 7) is 8.98. The third-order valence-electron chi connectivity index (χ3n) is 3.64. The van der Waals surface area contributed by atoms with E-state index in [1.54, 1.807) is 11.3 Å². The van der Waals surface area contributed by atoms with Gasteiger partial charge in [0.15, 0.2) is 0 Å². The monoisotopic (exact) mass is 365 g/mol. The SMILES string of the molecule is CC(C)Cc1ccc(C(C)NC(C)c2cc(Br)cs2)cc1. The van der Waals surface area contributed by atoms with Crippen LogP contribution >= 0.6 is 27.3 Å². The molecule has 0 radical (unpaired) electrons. The van der Waals surface area contributed by atoms with Crippen LogP contribution in [-0.2, 0) is 6.42 Å². The molecule has 0 spiro atoms. The van der Waals surface area contributed by atoms with Crippen LogP contribution in [0.1, 0.15) is 55.8 Å². The Labute approximate surface area is 140 Å². The molecule has 0 fully saturated rings. The van der Waals surface area contributed by atoms with E-state index < -0.39 is 0 Å². The Kier molecular flexibility index (Phi) is 6.03. The molecule has 21 heavy (non-hydrogen) atoms. The summed E-state index contributed by atoms with van der Waals surface area (Å²) in [5.41, 5.74) is 2.78. The van der Waals surface area contributed by atoms with Crippen molar-refractivity contribution in [1.82, 2.24) is 5.32 Å². The van der Waals surface area contributed by atoms with Crippen LogP contribution in [0.15, 0.2) is 40.2 Å². The molecule has 114 valence electrons. The molecular formula is C18H24BrNS. The van der Waals surface area contributed by atoms with Crippen molar-refractivity contribution >= 4 is 27.3 Å². The lowest BCUT2D eigenvalue weighted by atomic mass is 9.99. The molecule has 0 saturated heterocycles. The molecule has 0 bridgehead atoms.